The number of phenolic OH excluding ortho intramolecular Hbond substituents is 1. The van der Waals surface area contributed by atoms with E-state index in [-0.39, 0.29) is 28.6 Å². The molecule has 3 rings (SSSR count). The second kappa shape index (κ2) is 5.41. The first-order valence-corrected chi connectivity index (χ1v) is 6.56. The van der Waals surface area contributed by atoms with Crippen molar-refractivity contribution in [1.29, 1.82) is 0 Å². The molecule has 0 atom stereocenters. The van der Waals surface area contributed by atoms with E-state index in [1.165, 1.54) is 7.11 Å². The Morgan fingerprint density at radius 1 is 1.30 bits per heavy atom. The lowest BCUT2D eigenvalue weighted by atomic mass is 10.1. The molecule has 0 radical (unpaired) electrons. The quantitative estimate of drug-likeness (QED) is 0.565. The van der Waals surface area contributed by atoms with Crippen LogP contribution in [0.2, 0.25) is 0 Å². The maximum absolute atomic E-state index is 12.1. The Balaban J connectivity index is 2.32. The predicted octanol–water partition coefficient (Wildman–Crippen LogP) is 2.21. The Kier molecular flexibility index (Phi) is 3.41. The number of nitrogens with one attached hydrogen (secondary N) is 1. The van der Waals surface area contributed by atoms with Gasteiger partial charge in [0.1, 0.15) is 5.82 Å². The van der Waals surface area contributed by atoms with Gasteiger partial charge in [0.05, 0.1) is 34.6 Å². The standard InChI is InChI=1S/C15H11N3O5/c1-23-12-7-8(18(21)22)6-10(13(12)19)14-16-11-5-3-2-4-9(11)15(20)17-14/h2-7,19H,1H3,(H,16,17,20). The van der Waals surface area contributed by atoms with Crippen molar-refractivity contribution in [2.24, 2.45) is 0 Å². The number of aromatic amines is 1. The average Bonchev–Trinajstić information content (AvgIpc) is 2.54. The summed E-state index contributed by atoms with van der Waals surface area (Å²) in [6.07, 6.45) is 0. The molecule has 2 N–H and O–H groups in total. The van der Waals surface area contributed by atoms with Crippen LogP contribution in [0.15, 0.2) is 41.2 Å². The molecule has 1 heterocycles. The molecule has 23 heavy (non-hydrogen) atoms. The number of aromatic hydroxyl groups is 1. The van der Waals surface area contributed by atoms with Crippen LogP contribution >= 0.6 is 0 Å². The highest BCUT2D eigenvalue weighted by Gasteiger charge is 2.20. The number of ether oxygens (including phenoxy) is 1. The Morgan fingerprint density at radius 3 is 2.74 bits per heavy atom. The van der Waals surface area contributed by atoms with E-state index in [0.29, 0.717) is 10.9 Å². The third-order valence-electron chi connectivity index (χ3n) is 3.36. The normalized spacial score (nSPS) is 10.7. The topological polar surface area (TPSA) is 118 Å². The summed E-state index contributed by atoms with van der Waals surface area (Å²) in [6.45, 7) is 0. The highest BCUT2D eigenvalue weighted by atomic mass is 16.6. The Morgan fingerprint density at radius 2 is 2.04 bits per heavy atom. The average molecular weight is 313 g/mol. The number of H-pyrrole nitrogens is 1. The molecule has 0 spiro atoms. The zero-order valence-electron chi connectivity index (χ0n) is 11.9. The molecule has 0 aliphatic rings. The number of methoxy groups -OCH3 is 1. The number of hydrogen-bond acceptors (Lipinski definition) is 6. The van der Waals surface area contributed by atoms with Crippen molar-refractivity contribution in [3.05, 3.63) is 56.9 Å². The summed E-state index contributed by atoms with van der Waals surface area (Å²) in [4.78, 5) is 29.3. The fourth-order valence-electron chi connectivity index (χ4n) is 2.25. The van der Waals surface area contributed by atoms with E-state index in [9.17, 15) is 20.0 Å². The molecule has 0 amide bonds. The second-order valence-corrected chi connectivity index (χ2v) is 4.73. The minimum absolute atomic E-state index is 0.0129. The molecule has 0 aliphatic carbocycles. The molecule has 8 heteroatoms. The minimum atomic E-state index is -0.620. The molecule has 0 bridgehead atoms. The molecule has 0 fully saturated rings. The number of fused-ring (bicyclic) bond motifs is 1. The lowest BCUT2D eigenvalue weighted by Crippen LogP contribution is -2.09. The summed E-state index contributed by atoms with van der Waals surface area (Å²) in [7, 11) is 1.28. The van der Waals surface area contributed by atoms with E-state index in [2.05, 4.69) is 9.97 Å². The summed E-state index contributed by atoms with van der Waals surface area (Å²) >= 11 is 0. The zero-order chi connectivity index (χ0) is 16.6. The summed E-state index contributed by atoms with van der Waals surface area (Å²) in [5, 5.41) is 21.6. The van der Waals surface area contributed by atoms with Crippen LogP contribution in [0, 0.1) is 10.1 Å². The van der Waals surface area contributed by atoms with Crippen LogP contribution in [0.25, 0.3) is 22.3 Å². The van der Waals surface area contributed by atoms with Crippen LogP contribution < -0.4 is 10.3 Å². The molecule has 116 valence electrons. The highest BCUT2D eigenvalue weighted by molar-refractivity contribution is 5.81. The summed E-state index contributed by atoms with van der Waals surface area (Å²) in [6, 6.07) is 8.89. The molecule has 0 saturated carbocycles. The number of nitro benzene ring substituents is 1. The van der Waals surface area contributed by atoms with Crippen LogP contribution in [0.1, 0.15) is 0 Å². The number of phenols is 1. The summed E-state index contributed by atoms with van der Waals surface area (Å²) in [5.74, 6) is -0.394. The Bertz CT molecular complexity index is 980. The molecule has 0 unspecified atom stereocenters. The first-order valence-electron chi connectivity index (χ1n) is 6.56. The van der Waals surface area contributed by atoms with E-state index in [4.69, 9.17) is 4.74 Å². The zero-order valence-corrected chi connectivity index (χ0v) is 11.9. The molecule has 1 aromatic heterocycles. The molecular formula is C15H11N3O5. The minimum Gasteiger partial charge on any atom is -0.504 e. The van der Waals surface area contributed by atoms with Crippen molar-refractivity contribution >= 4 is 16.6 Å². The largest absolute Gasteiger partial charge is 0.504 e. The maximum Gasteiger partial charge on any atom is 0.274 e. The van der Waals surface area contributed by atoms with E-state index < -0.39 is 10.5 Å². The monoisotopic (exact) mass is 313 g/mol. The van der Waals surface area contributed by atoms with Gasteiger partial charge >= 0.3 is 0 Å². The van der Waals surface area contributed by atoms with Crippen LogP contribution in [0.3, 0.4) is 0 Å². The summed E-state index contributed by atoms with van der Waals surface area (Å²) < 4.78 is 4.94. The number of hydrogen-bond donors (Lipinski definition) is 2. The van der Waals surface area contributed by atoms with Gasteiger partial charge in [-0.2, -0.15) is 0 Å². The molecule has 8 nitrogen and oxygen atoms in total. The van der Waals surface area contributed by atoms with E-state index in [1.54, 1.807) is 24.3 Å². The van der Waals surface area contributed by atoms with Gasteiger partial charge in [0.25, 0.3) is 11.2 Å². The number of nitrogens with zero attached hydrogens (tertiary/aromatic N) is 2. The first-order chi connectivity index (χ1) is 11.0. The first kappa shape index (κ1) is 14.5. The molecule has 3 aromatic rings. The lowest BCUT2D eigenvalue weighted by Gasteiger charge is -2.09. The Hall–Kier alpha value is -3.42. The van der Waals surface area contributed by atoms with Crippen molar-refractivity contribution in [1.82, 2.24) is 9.97 Å². The van der Waals surface area contributed by atoms with Gasteiger partial charge in [0.15, 0.2) is 11.5 Å². The van der Waals surface area contributed by atoms with E-state index >= 15 is 0 Å². The summed E-state index contributed by atoms with van der Waals surface area (Å²) in [5.41, 5.74) is -0.268. The van der Waals surface area contributed by atoms with Gasteiger partial charge in [-0.05, 0) is 12.1 Å². The molecular weight excluding hydrogens is 302 g/mol. The number of benzene rings is 2. The van der Waals surface area contributed by atoms with E-state index in [1.807, 2.05) is 0 Å². The predicted molar refractivity (Wildman–Crippen MR) is 82.7 cm³/mol. The SMILES string of the molecule is COc1cc([N+](=O)[O-])cc(-c2nc3ccccc3c(=O)[nH]2)c1O. The maximum atomic E-state index is 12.1. The van der Waals surface area contributed by atoms with E-state index in [0.717, 1.165) is 12.1 Å². The van der Waals surface area contributed by atoms with Crippen molar-refractivity contribution in [2.75, 3.05) is 7.11 Å². The lowest BCUT2D eigenvalue weighted by molar-refractivity contribution is -0.384. The van der Waals surface area contributed by atoms with Gasteiger partial charge in [-0.15, -0.1) is 0 Å². The number of para-hydroxylation sites is 1. The van der Waals surface area contributed by atoms with Gasteiger partial charge in [0, 0.05) is 6.07 Å². The van der Waals surface area contributed by atoms with Crippen molar-refractivity contribution < 1.29 is 14.8 Å². The third-order valence-corrected chi connectivity index (χ3v) is 3.36. The van der Waals surface area contributed by atoms with Crippen LogP contribution in [0.4, 0.5) is 5.69 Å². The van der Waals surface area contributed by atoms with Crippen LogP contribution in [0.5, 0.6) is 11.5 Å². The molecule has 0 aliphatic heterocycles. The third kappa shape index (κ3) is 2.46. The van der Waals surface area contributed by atoms with Crippen molar-refractivity contribution in [3.8, 4) is 22.9 Å². The van der Waals surface area contributed by atoms with Gasteiger partial charge in [-0.3, -0.25) is 14.9 Å². The number of rotatable bonds is 3. The van der Waals surface area contributed by atoms with Crippen molar-refractivity contribution in [2.45, 2.75) is 0 Å². The van der Waals surface area contributed by atoms with Gasteiger partial charge in [-0.25, -0.2) is 4.98 Å². The van der Waals surface area contributed by atoms with Gasteiger partial charge < -0.3 is 14.8 Å². The van der Waals surface area contributed by atoms with Gasteiger partial charge in [0.2, 0.25) is 0 Å². The number of non-ortho nitro benzene ring substituents is 1. The fraction of sp³-hybridized carbons (Fsp3) is 0.0667. The van der Waals surface area contributed by atoms with Gasteiger partial charge in [-0.1, -0.05) is 12.1 Å². The number of aromatic nitrogens is 2. The fourth-order valence-corrected chi connectivity index (χ4v) is 2.25. The Labute approximate surface area is 129 Å². The van der Waals surface area contributed by atoms with Crippen LogP contribution in [-0.2, 0) is 0 Å². The molecule has 2 aromatic carbocycles. The molecule has 0 saturated heterocycles. The second-order valence-electron chi connectivity index (χ2n) is 4.73. The van der Waals surface area contributed by atoms with Crippen LogP contribution in [-0.4, -0.2) is 27.1 Å². The highest BCUT2D eigenvalue weighted by Crippen LogP contribution is 2.39. The smallest absolute Gasteiger partial charge is 0.274 e. The number of nitro groups is 1. The van der Waals surface area contributed by atoms with Crippen molar-refractivity contribution in [3.63, 3.8) is 0 Å².